The lowest BCUT2D eigenvalue weighted by Crippen LogP contribution is -2.33. The van der Waals surface area contributed by atoms with Gasteiger partial charge in [-0.05, 0) is 32.1 Å². The molecule has 0 aliphatic heterocycles. The number of carbonyl (C=O) groups is 1. The first-order valence-corrected chi connectivity index (χ1v) is 9.49. The van der Waals surface area contributed by atoms with Crippen LogP contribution in [0.15, 0.2) is 12.2 Å². The van der Waals surface area contributed by atoms with Gasteiger partial charge in [0.2, 0.25) is 0 Å². The maximum Gasteiger partial charge on any atom is 0.455 e. The normalized spacial score (nSPS) is 12.0. The van der Waals surface area contributed by atoms with Crippen molar-refractivity contribution >= 4 is 5.97 Å². The van der Waals surface area contributed by atoms with E-state index in [9.17, 15) is 4.79 Å². The van der Waals surface area contributed by atoms with Crippen LogP contribution < -0.4 is 0 Å². The smallest absolute Gasteiger partial charge is 0.384 e. The average Bonchev–Trinajstić information content (AvgIpc) is 2.49. The lowest BCUT2D eigenvalue weighted by atomic mass is 10.1. The van der Waals surface area contributed by atoms with Crippen LogP contribution in [-0.2, 0) is 9.53 Å². The summed E-state index contributed by atoms with van der Waals surface area (Å²) in [7, 11) is 0. The summed E-state index contributed by atoms with van der Waals surface area (Å²) < 4.78 is 3.98. The average molecular weight is 344 g/mol. The molecule has 0 aromatic heterocycles. The maximum absolute atomic E-state index is 11.1. The summed E-state index contributed by atoms with van der Waals surface area (Å²) in [6.07, 6.45) is 16.5. The largest absolute Gasteiger partial charge is 0.455 e. The van der Waals surface area contributed by atoms with Crippen molar-refractivity contribution in [2.24, 2.45) is 0 Å². The first kappa shape index (κ1) is 23.1. The van der Waals surface area contributed by atoms with E-state index in [0.29, 0.717) is 6.42 Å². The van der Waals surface area contributed by atoms with E-state index in [0.717, 1.165) is 32.1 Å². The molecular formula is C19H36O5. The number of esters is 1. The molecule has 3 N–H and O–H groups in total. The molecule has 5 nitrogen and oxygen atoms in total. The Morgan fingerprint density at radius 1 is 0.792 bits per heavy atom. The van der Waals surface area contributed by atoms with Crippen molar-refractivity contribution < 1.29 is 24.9 Å². The quantitative estimate of drug-likeness (QED) is 0.169. The fraction of sp³-hybridized carbons (Fsp3) is 0.842. The molecule has 0 radical (unpaired) electrons. The van der Waals surface area contributed by atoms with Crippen molar-refractivity contribution in [1.29, 1.82) is 0 Å². The van der Waals surface area contributed by atoms with Crippen LogP contribution in [0.25, 0.3) is 0 Å². The molecule has 0 unspecified atom stereocenters. The molecule has 0 heterocycles. The molecule has 0 amide bonds. The molecule has 5 heteroatoms. The molecule has 0 bridgehead atoms. The molecule has 142 valence electrons. The van der Waals surface area contributed by atoms with E-state index in [1.807, 2.05) is 0 Å². The Kier molecular flexibility index (Phi) is 15.0. The Labute approximate surface area is 146 Å². The molecule has 0 atom stereocenters. The number of ether oxygens (including phenoxy) is 1. The van der Waals surface area contributed by atoms with Gasteiger partial charge in [-0.2, -0.15) is 0 Å². The summed E-state index contributed by atoms with van der Waals surface area (Å²) in [5.74, 6) is -0.805. The number of allylic oxidation sites excluding steroid dienone is 2. The summed E-state index contributed by atoms with van der Waals surface area (Å²) >= 11 is 0. The molecule has 0 saturated carbocycles. The SMILES string of the molecule is CCCCCCCC/C=C\CCCCCCCC(=O)OC(O)(O)O. The molecule has 0 aliphatic carbocycles. The fourth-order valence-electron chi connectivity index (χ4n) is 2.54. The highest BCUT2D eigenvalue weighted by atomic mass is 16.9. The highest BCUT2D eigenvalue weighted by molar-refractivity contribution is 5.69. The van der Waals surface area contributed by atoms with E-state index in [1.54, 1.807) is 0 Å². The van der Waals surface area contributed by atoms with Gasteiger partial charge >= 0.3 is 12.1 Å². The van der Waals surface area contributed by atoms with Crippen molar-refractivity contribution in [1.82, 2.24) is 0 Å². The van der Waals surface area contributed by atoms with Gasteiger partial charge in [0.15, 0.2) is 0 Å². The van der Waals surface area contributed by atoms with Gasteiger partial charge in [-0.25, -0.2) is 0 Å². The molecule has 0 spiro atoms. The van der Waals surface area contributed by atoms with Gasteiger partial charge in [0.1, 0.15) is 0 Å². The van der Waals surface area contributed by atoms with Crippen LogP contribution >= 0.6 is 0 Å². The highest BCUT2D eigenvalue weighted by Crippen LogP contribution is 2.10. The monoisotopic (exact) mass is 344 g/mol. The second-order valence-corrected chi connectivity index (χ2v) is 6.38. The van der Waals surface area contributed by atoms with Gasteiger partial charge in [0, 0.05) is 6.42 Å². The van der Waals surface area contributed by atoms with E-state index in [4.69, 9.17) is 15.3 Å². The van der Waals surface area contributed by atoms with Crippen molar-refractivity contribution in [2.45, 2.75) is 103 Å². The zero-order valence-corrected chi connectivity index (χ0v) is 15.2. The predicted molar refractivity (Wildman–Crippen MR) is 94.9 cm³/mol. The molecule has 0 rings (SSSR count). The van der Waals surface area contributed by atoms with Crippen LogP contribution in [0.2, 0.25) is 0 Å². The lowest BCUT2D eigenvalue weighted by Gasteiger charge is -2.13. The topological polar surface area (TPSA) is 87.0 Å². The number of carbonyl (C=O) groups excluding carboxylic acids is 1. The van der Waals surface area contributed by atoms with Crippen molar-refractivity contribution in [3.63, 3.8) is 0 Å². The van der Waals surface area contributed by atoms with Crippen molar-refractivity contribution in [3.8, 4) is 0 Å². The third kappa shape index (κ3) is 19.1. The summed E-state index contributed by atoms with van der Waals surface area (Å²) in [6.45, 7) is 2.24. The molecule has 0 aromatic rings. The minimum absolute atomic E-state index is 0.0849. The summed E-state index contributed by atoms with van der Waals surface area (Å²) in [5.41, 5.74) is 0. The second kappa shape index (κ2) is 15.6. The van der Waals surface area contributed by atoms with E-state index >= 15 is 0 Å². The molecule has 0 saturated heterocycles. The summed E-state index contributed by atoms with van der Waals surface area (Å²) in [5, 5.41) is 25.4. The van der Waals surface area contributed by atoms with E-state index in [1.165, 1.54) is 44.9 Å². The number of aliphatic hydroxyl groups is 3. The third-order valence-electron chi connectivity index (χ3n) is 3.89. The molecular weight excluding hydrogens is 308 g/mol. The minimum Gasteiger partial charge on any atom is -0.384 e. The number of unbranched alkanes of at least 4 members (excludes halogenated alkanes) is 11. The van der Waals surface area contributed by atoms with Crippen molar-refractivity contribution in [2.75, 3.05) is 0 Å². The van der Waals surface area contributed by atoms with Crippen molar-refractivity contribution in [3.05, 3.63) is 12.2 Å². The summed E-state index contributed by atoms with van der Waals surface area (Å²) in [6, 6.07) is 0. The Balaban J connectivity index is 3.25. The zero-order valence-electron chi connectivity index (χ0n) is 15.2. The highest BCUT2D eigenvalue weighted by Gasteiger charge is 2.23. The van der Waals surface area contributed by atoms with Gasteiger partial charge in [-0.1, -0.05) is 70.4 Å². The van der Waals surface area contributed by atoms with Crippen LogP contribution in [-0.4, -0.2) is 27.4 Å². The molecule has 24 heavy (non-hydrogen) atoms. The summed E-state index contributed by atoms with van der Waals surface area (Å²) in [4.78, 5) is 11.1. The first-order chi connectivity index (χ1) is 11.5. The minimum atomic E-state index is -3.35. The van der Waals surface area contributed by atoms with Crippen LogP contribution in [0.5, 0.6) is 0 Å². The fourth-order valence-corrected chi connectivity index (χ4v) is 2.54. The van der Waals surface area contributed by atoms with Crippen LogP contribution in [0.1, 0.15) is 96.8 Å². The number of hydrogen-bond acceptors (Lipinski definition) is 5. The van der Waals surface area contributed by atoms with Crippen LogP contribution in [0, 0.1) is 0 Å². The van der Waals surface area contributed by atoms with Gasteiger partial charge < -0.3 is 20.1 Å². The first-order valence-electron chi connectivity index (χ1n) is 9.49. The van der Waals surface area contributed by atoms with E-state index in [2.05, 4.69) is 23.8 Å². The lowest BCUT2D eigenvalue weighted by molar-refractivity contribution is -0.435. The van der Waals surface area contributed by atoms with Gasteiger partial charge in [0.05, 0.1) is 0 Å². The zero-order chi connectivity index (χ0) is 18.1. The molecule has 0 fully saturated rings. The van der Waals surface area contributed by atoms with Gasteiger partial charge in [-0.15, -0.1) is 0 Å². The Morgan fingerprint density at radius 2 is 1.25 bits per heavy atom. The Morgan fingerprint density at radius 3 is 1.75 bits per heavy atom. The number of rotatable bonds is 16. The molecule has 0 aliphatic rings. The predicted octanol–water partition coefficient (Wildman–Crippen LogP) is 4.16. The van der Waals surface area contributed by atoms with E-state index in [-0.39, 0.29) is 6.42 Å². The third-order valence-corrected chi connectivity index (χ3v) is 3.89. The maximum atomic E-state index is 11.1. The van der Waals surface area contributed by atoms with E-state index < -0.39 is 12.1 Å². The van der Waals surface area contributed by atoms with Gasteiger partial charge in [-0.3, -0.25) is 4.79 Å². The number of hydrogen-bond donors (Lipinski definition) is 3. The standard InChI is InChI=1S/C19H36O5/c1-2-3-4-5-6-7-8-9-10-11-12-13-14-15-16-17-18(20)24-19(21,22)23/h9-10,21-23H,2-8,11-17H2,1H3/b10-9-. The van der Waals surface area contributed by atoms with Crippen LogP contribution in [0.3, 0.4) is 0 Å². The van der Waals surface area contributed by atoms with Crippen LogP contribution in [0.4, 0.5) is 0 Å². The molecule has 0 aromatic carbocycles. The Hall–Kier alpha value is -0.910. The Bertz CT molecular complexity index is 320. The van der Waals surface area contributed by atoms with Gasteiger partial charge in [0.25, 0.3) is 0 Å². The second-order valence-electron chi connectivity index (χ2n) is 6.38.